The van der Waals surface area contributed by atoms with Crippen molar-refractivity contribution < 1.29 is 29.0 Å². The zero-order chi connectivity index (χ0) is 24.8. The van der Waals surface area contributed by atoms with Gasteiger partial charge in [0.25, 0.3) is 0 Å². The number of benzene rings is 2. The molecule has 1 aliphatic heterocycles. The summed E-state index contributed by atoms with van der Waals surface area (Å²) in [6, 6.07) is 15.1. The normalized spacial score (nSPS) is 16.1. The van der Waals surface area contributed by atoms with Crippen LogP contribution in [0.15, 0.2) is 48.5 Å². The number of ether oxygens (including phenoxy) is 2. The minimum atomic E-state index is -1.02. The Morgan fingerprint density at radius 3 is 2.23 bits per heavy atom. The quantitative estimate of drug-likeness (QED) is 0.566. The predicted molar refractivity (Wildman–Crippen MR) is 130 cm³/mol. The summed E-state index contributed by atoms with van der Waals surface area (Å²) in [6.45, 7) is 3.63. The van der Waals surface area contributed by atoms with Gasteiger partial charge in [-0.05, 0) is 48.4 Å². The van der Waals surface area contributed by atoms with Crippen molar-refractivity contribution >= 4 is 18.0 Å². The largest absolute Gasteiger partial charge is 0.481 e. The molecule has 0 saturated carbocycles. The van der Waals surface area contributed by atoms with Crippen molar-refractivity contribution in [3.05, 3.63) is 59.7 Å². The third-order valence-electron chi connectivity index (χ3n) is 6.84. The molecule has 0 radical (unpaired) electrons. The van der Waals surface area contributed by atoms with Crippen LogP contribution in [0.5, 0.6) is 0 Å². The van der Waals surface area contributed by atoms with E-state index >= 15 is 0 Å². The highest BCUT2D eigenvalue weighted by Crippen LogP contribution is 2.44. The lowest BCUT2D eigenvalue weighted by atomic mass is 9.98. The summed E-state index contributed by atoms with van der Waals surface area (Å²) in [5.41, 5.74) is 4.44. The maximum absolute atomic E-state index is 13.3. The maximum atomic E-state index is 13.3. The number of alkyl carbamates (subject to hydrolysis) is 1. The van der Waals surface area contributed by atoms with Gasteiger partial charge in [0.2, 0.25) is 5.91 Å². The van der Waals surface area contributed by atoms with Crippen LogP contribution in [0.1, 0.15) is 49.7 Å². The second-order valence-electron chi connectivity index (χ2n) is 8.92. The average Bonchev–Trinajstić information content (AvgIpc) is 3.20. The molecule has 186 valence electrons. The number of hydrogen-bond acceptors (Lipinski definition) is 5. The highest BCUT2D eigenvalue weighted by Gasteiger charge is 2.33. The van der Waals surface area contributed by atoms with Crippen molar-refractivity contribution in [3.8, 4) is 11.1 Å². The van der Waals surface area contributed by atoms with Crippen LogP contribution in [0, 0.1) is 0 Å². The first-order valence-corrected chi connectivity index (χ1v) is 12.2. The summed E-state index contributed by atoms with van der Waals surface area (Å²) >= 11 is 0. The van der Waals surface area contributed by atoms with Crippen molar-refractivity contribution in [1.82, 2.24) is 10.2 Å². The summed E-state index contributed by atoms with van der Waals surface area (Å²) in [7, 11) is 0. The molecule has 2 aromatic rings. The van der Waals surface area contributed by atoms with Crippen LogP contribution >= 0.6 is 0 Å². The summed E-state index contributed by atoms with van der Waals surface area (Å²) in [5, 5.41) is 11.8. The molecule has 2 aromatic carbocycles. The van der Waals surface area contributed by atoms with E-state index in [0.717, 1.165) is 35.1 Å². The van der Waals surface area contributed by atoms with Crippen LogP contribution in [0.3, 0.4) is 0 Å². The van der Waals surface area contributed by atoms with E-state index in [1.165, 1.54) is 0 Å². The van der Waals surface area contributed by atoms with Crippen molar-refractivity contribution in [2.45, 2.75) is 50.6 Å². The SMILES string of the molecule is CCN(C(=O)C(CCC(=O)O)NC(=O)OCC1c2ccccc2-c2ccccc21)C1CCOCC1. The highest BCUT2D eigenvalue weighted by molar-refractivity contribution is 5.86. The van der Waals surface area contributed by atoms with Gasteiger partial charge in [-0.2, -0.15) is 0 Å². The van der Waals surface area contributed by atoms with Crippen LogP contribution in [0.2, 0.25) is 0 Å². The van der Waals surface area contributed by atoms with Gasteiger partial charge < -0.3 is 24.8 Å². The molecule has 0 aromatic heterocycles. The van der Waals surface area contributed by atoms with E-state index in [1.807, 2.05) is 43.3 Å². The number of carbonyl (C=O) groups is 3. The molecule has 2 aliphatic rings. The molecule has 1 atom stereocenters. The van der Waals surface area contributed by atoms with Crippen LogP contribution in [-0.4, -0.2) is 66.4 Å². The summed E-state index contributed by atoms with van der Waals surface area (Å²) < 4.78 is 11.0. The molecular weight excluding hydrogens is 448 g/mol. The fraction of sp³-hybridized carbons (Fsp3) is 0.444. The number of carboxylic acid groups (broad SMARTS) is 1. The smallest absolute Gasteiger partial charge is 0.407 e. The van der Waals surface area contributed by atoms with Gasteiger partial charge in [-0.1, -0.05) is 48.5 Å². The molecule has 4 rings (SSSR count). The second kappa shape index (κ2) is 11.4. The number of rotatable bonds is 9. The van der Waals surface area contributed by atoms with E-state index < -0.39 is 18.1 Å². The van der Waals surface area contributed by atoms with E-state index in [9.17, 15) is 19.5 Å². The zero-order valence-electron chi connectivity index (χ0n) is 19.9. The molecule has 1 unspecified atom stereocenters. The molecule has 8 nitrogen and oxygen atoms in total. The Labute approximate surface area is 205 Å². The van der Waals surface area contributed by atoms with E-state index in [0.29, 0.717) is 19.8 Å². The topological polar surface area (TPSA) is 105 Å². The number of fused-ring (bicyclic) bond motifs is 3. The van der Waals surface area contributed by atoms with Gasteiger partial charge in [-0.15, -0.1) is 0 Å². The molecule has 2 N–H and O–H groups in total. The predicted octanol–water partition coefficient (Wildman–Crippen LogP) is 3.79. The van der Waals surface area contributed by atoms with E-state index in [-0.39, 0.29) is 37.3 Å². The standard InChI is InChI=1S/C27H32N2O6/c1-2-29(18-13-15-34-16-14-18)26(32)24(11-12-25(30)31)28-27(33)35-17-23-21-9-5-3-7-19(21)20-8-4-6-10-22(20)23/h3-10,18,23-24H,2,11-17H2,1H3,(H,28,33)(H,30,31). The molecule has 35 heavy (non-hydrogen) atoms. The van der Waals surface area contributed by atoms with Crippen molar-refractivity contribution in [3.63, 3.8) is 0 Å². The first-order chi connectivity index (χ1) is 17.0. The van der Waals surface area contributed by atoms with Gasteiger partial charge >= 0.3 is 12.1 Å². The fourth-order valence-corrected chi connectivity index (χ4v) is 5.10. The Kier molecular flexibility index (Phi) is 8.02. The van der Waals surface area contributed by atoms with Gasteiger partial charge in [-0.3, -0.25) is 9.59 Å². The molecule has 1 heterocycles. The number of nitrogens with one attached hydrogen (secondary N) is 1. The van der Waals surface area contributed by atoms with Gasteiger partial charge in [-0.25, -0.2) is 4.79 Å². The number of hydrogen-bond donors (Lipinski definition) is 2. The summed E-state index contributed by atoms with van der Waals surface area (Å²) in [5.74, 6) is -1.41. The highest BCUT2D eigenvalue weighted by atomic mass is 16.5. The number of nitrogens with zero attached hydrogens (tertiary/aromatic N) is 1. The van der Waals surface area contributed by atoms with Crippen molar-refractivity contribution in [2.24, 2.45) is 0 Å². The first-order valence-electron chi connectivity index (χ1n) is 12.2. The third kappa shape index (κ3) is 5.65. The Morgan fingerprint density at radius 1 is 1.06 bits per heavy atom. The van der Waals surface area contributed by atoms with Gasteiger partial charge in [0.05, 0.1) is 0 Å². The van der Waals surface area contributed by atoms with Gasteiger partial charge in [0.1, 0.15) is 12.6 Å². The van der Waals surface area contributed by atoms with E-state index in [2.05, 4.69) is 17.4 Å². The number of likely N-dealkylation sites (N-methyl/N-ethyl adjacent to an activating group) is 1. The van der Waals surface area contributed by atoms with Crippen LogP contribution in [0.25, 0.3) is 11.1 Å². The number of carbonyl (C=O) groups excluding carboxylic acids is 2. The Balaban J connectivity index is 1.43. The molecule has 8 heteroatoms. The monoisotopic (exact) mass is 480 g/mol. The Bertz CT molecular complexity index is 1020. The van der Waals surface area contributed by atoms with Crippen LogP contribution in [-0.2, 0) is 19.1 Å². The van der Waals surface area contributed by atoms with E-state index in [4.69, 9.17) is 9.47 Å². The number of amides is 2. The first kappa shape index (κ1) is 24.7. The average molecular weight is 481 g/mol. The Morgan fingerprint density at radius 2 is 1.66 bits per heavy atom. The lowest BCUT2D eigenvalue weighted by Crippen LogP contribution is -2.53. The molecule has 1 fully saturated rings. The zero-order valence-corrected chi connectivity index (χ0v) is 19.9. The Hall–Kier alpha value is -3.39. The maximum Gasteiger partial charge on any atom is 0.407 e. The van der Waals surface area contributed by atoms with Crippen LogP contribution < -0.4 is 5.32 Å². The van der Waals surface area contributed by atoms with Gasteiger partial charge in [0, 0.05) is 38.1 Å². The van der Waals surface area contributed by atoms with Crippen molar-refractivity contribution in [2.75, 3.05) is 26.4 Å². The summed E-state index contributed by atoms with van der Waals surface area (Å²) in [6.07, 6.45) is 0.481. The minimum absolute atomic E-state index is 0.00190. The van der Waals surface area contributed by atoms with Crippen molar-refractivity contribution in [1.29, 1.82) is 0 Å². The molecular formula is C27H32N2O6. The second-order valence-corrected chi connectivity index (χ2v) is 8.92. The third-order valence-corrected chi connectivity index (χ3v) is 6.84. The summed E-state index contributed by atoms with van der Waals surface area (Å²) in [4.78, 5) is 39.1. The molecule has 1 aliphatic carbocycles. The fourth-order valence-electron chi connectivity index (χ4n) is 5.10. The lowest BCUT2D eigenvalue weighted by Gasteiger charge is -2.35. The number of aliphatic carboxylic acids is 1. The van der Waals surface area contributed by atoms with Gasteiger partial charge in [0.15, 0.2) is 0 Å². The van der Waals surface area contributed by atoms with E-state index in [1.54, 1.807) is 4.90 Å². The molecule has 0 spiro atoms. The lowest BCUT2D eigenvalue weighted by molar-refractivity contribution is -0.139. The number of carboxylic acids is 1. The molecule has 1 saturated heterocycles. The molecule has 0 bridgehead atoms. The molecule has 2 amide bonds. The van der Waals surface area contributed by atoms with Crippen LogP contribution in [0.4, 0.5) is 4.79 Å². The minimum Gasteiger partial charge on any atom is -0.481 e.